The number of rotatable bonds is 5. The van der Waals surface area contributed by atoms with Crippen LogP contribution in [0, 0.1) is 17.8 Å². The zero-order valence-corrected chi connectivity index (χ0v) is 16.4. The number of benzene rings is 2. The molecule has 0 aromatic heterocycles. The molecule has 5 rings (SSSR count). The molecule has 0 saturated heterocycles. The van der Waals surface area contributed by atoms with Crippen LogP contribution >= 0.6 is 0 Å². The fraction of sp³-hybridized carbons (Fsp3) is 0.458. The molecule has 0 spiro atoms. The van der Waals surface area contributed by atoms with Crippen LogP contribution in [0.3, 0.4) is 0 Å². The molecule has 0 radical (unpaired) electrons. The topological polar surface area (TPSA) is 50.4 Å². The van der Waals surface area contributed by atoms with Crippen LogP contribution in [0.2, 0.25) is 0 Å². The van der Waals surface area contributed by atoms with Crippen LogP contribution in [0.5, 0.6) is 0 Å². The van der Waals surface area contributed by atoms with Gasteiger partial charge in [-0.1, -0.05) is 30.3 Å². The Balaban J connectivity index is 1.49. The second-order valence-electron chi connectivity index (χ2n) is 8.52. The SMILES string of the molecule is COCCNC(=O)c1ccc2c(c1)C1C3CCC(C3)C1C(c1ccccc1)N2. The highest BCUT2D eigenvalue weighted by atomic mass is 16.5. The number of carbonyl (C=O) groups excluding carboxylic acids is 1. The molecule has 2 aliphatic carbocycles. The van der Waals surface area contributed by atoms with Crippen molar-refractivity contribution in [3.63, 3.8) is 0 Å². The Morgan fingerprint density at radius 3 is 2.79 bits per heavy atom. The van der Waals surface area contributed by atoms with Crippen LogP contribution in [-0.4, -0.2) is 26.2 Å². The van der Waals surface area contributed by atoms with E-state index in [9.17, 15) is 4.79 Å². The molecule has 1 amide bonds. The van der Waals surface area contributed by atoms with Gasteiger partial charge in [0.2, 0.25) is 0 Å². The number of fused-ring (bicyclic) bond motifs is 7. The maximum absolute atomic E-state index is 12.6. The lowest BCUT2D eigenvalue weighted by atomic mass is 9.68. The summed E-state index contributed by atoms with van der Waals surface area (Å²) >= 11 is 0. The average molecular weight is 377 g/mol. The molecule has 5 unspecified atom stereocenters. The van der Waals surface area contributed by atoms with Gasteiger partial charge in [-0.25, -0.2) is 0 Å². The molecular weight excluding hydrogens is 348 g/mol. The lowest BCUT2D eigenvalue weighted by Gasteiger charge is -2.43. The van der Waals surface area contributed by atoms with Crippen molar-refractivity contribution in [2.45, 2.75) is 31.2 Å². The number of ether oxygens (including phenoxy) is 1. The zero-order chi connectivity index (χ0) is 19.1. The smallest absolute Gasteiger partial charge is 0.251 e. The molecule has 3 aliphatic rings. The van der Waals surface area contributed by atoms with Crippen molar-refractivity contribution in [1.82, 2.24) is 5.32 Å². The van der Waals surface area contributed by atoms with Gasteiger partial charge < -0.3 is 15.4 Å². The van der Waals surface area contributed by atoms with E-state index < -0.39 is 0 Å². The molecule has 2 bridgehead atoms. The number of anilines is 1. The zero-order valence-electron chi connectivity index (χ0n) is 16.4. The van der Waals surface area contributed by atoms with Gasteiger partial charge in [0, 0.05) is 24.9 Å². The van der Waals surface area contributed by atoms with E-state index in [4.69, 9.17) is 4.74 Å². The van der Waals surface area contributed by atoms with Crippen LogP contribution in [0.25, 0.3) is 0 Å². The number of carbonyl (C=O) groups is 1. The Morgan fingerprint density at radius 1 is 1.14 bits per heavy atom. The number of hydrogen-bond acceptors (Lipinski definition) is 3. The second kappa shape index (κ2) is 7.25. The third-order valence-electron chi connectivity index (χ3n) is 7.10. The van der Waals surface area contributed by atoms with E-state index in [0.29, 0.717) is 31.0 Å². The summed E-state index contributed by atoms with van der Waals surface area (Å²) in [6.45, 7) is 1.07. The summed E-state index contributed by atoms with van der Waals surface area (Å²) in [6.07, 6.45) is 4.02. The van der Waals surface area contributed by atoms with Crippen molar-refractivity contribution in [3.8, 4) is 0 Å². The van der Waals surface area contributed by atoms with Crippen molar-refractivity contribution in [2.24, 2.45) is 17.8 Å². The Kier molecular flexibility index (Phi) is 4.59. The van der Waals surface area contributed by atoms with E-state index in [0.717, 1.165) is 17.4 Å². The Bertz CT molecular complexity index is 866. The van der Waals surface area contributed by atoms with Gasteiger partial charge in [0.1, 0.15) is 0 Å². The predicted octanol–water partition coefficient (Wildman–Crippen LogP) is 4.36. The molecule has 1 heterocycles. The van der Waals surface area contributed by atoms with Crippen molar-refractivity contribution in [2.75, 3.05) is 25.6 Å². The van der Waals surface area contributed by atoms with Gasteiger partial charge in [-0.3, -0.25) is 4.79 Å². The van der Waals surface area contributed by atoms with Gasteiger partial charge in [-0.15, -0.1) is 0 Å². The summed E-state index contributed by atoms with van der Waals surface area (Å²) in [5, 5.41) is 6.79. The van der Waals surface area contributed by atoms with Gasteiger partial charge in [-0.05, 0) is 72.3 Å². The van der Waals surface area contributed by atoms with Crippen LogP contribution in [0.15, 0.2) is 48.5 Å². The Morgan fingerprint density at radius 2 is 1.96 bits per heavy atom. The maximum Gasteiger partial charge on any atom is 0.251 e. The normalized spacial score (nSPS) is 29.7. The summed E-state index contributed by atoms with van der Waals surface area (Å²) in [6, 6.07) is 17.5. The lowest BCUT2D eigenvalue weighted by molar-refractivity contribution is 0.0937. The van der Waals surface area contributed by atoms with Crippen LogP contribution in [0.4, 0.5) is 5.69 Å². The first-order valence-electron chi connectivity index (χ1n) is 10.5. The average Bonchev–Trinajstić information content (AvgIpc) is 3.36. The van der Waals surface area contributed by atoms with E-state index in [2.05, 4.69) is 53.1 Å². The van der Waals surface area contributed by atoms with Crippen molar-refractivity contribution in [1.29, 1.82) is 0 Å². The quantitative estimate of drug-likeness (QED) is 0.763. The lowest BCUT2D eigenvalue weighted by Crippen LogP contribution is -2.36. The van der Waals surface area contributed by atoms with E-state index in [1.165, 1.54) is 36.1 Å². The molecular formula is C24H28N2O2. The van der Waals surface area contributed by atoms with Crippen LogP contribution < -0.4 is 10.6 Å². The van der Waals surface area contributed by atoms with Crippen LogP contribution in [0.1, 0.15) is 52.7 Å². The minimum absolute atomic E-state index is 0.00950. The maximum atomic E-state index is 12.6. The number of hydrogen-bond donors (Lipinski definition) is 2. The molecule has 1 aliphatic heterocycles. The van der Waals surface area contributed by atoms with Gasteiger partial charge in [-0.2, -0.15) is 0 Å². The third kappa shape index (κ3) is 2.91. The van der Waals surface area contributed by atoms with Gasteiger partial charge >= 0.3 is 0 Å². The minimum atomic E-state index is -0.00950. The summed E-state index contributed by atoms with van der Waals surface area (Å²) in [5.41, 5.74) is 4.70. The standard InChI is InChI=1S/C24H28N2O2/c1-28-12-11-25-24(27)18-9-10-20-19(14-18)21-16-7-8-17(13-16)22(21)23(26-20)15-5-3-2-4-6-15/h2-6,9-10,14,16-17,21-23,26H,7-8,11-13H2,1H3,(H,25,27). The van der Waals surface area contributed by atoms with E-state index >= 15 is 0 Å². The Labute approximate surface area is 166 Å². The molecule has 2 aromatic rings. The monoisotopic (exact) mass is 376 g/mol. The molecule has 2 N–H and O–H groups in total. The fourth-order valence-electron chi connectivity index (χ4n) is 5.99. The van der Waals surface area contributed by atoms with Gasteiger partial charge in [0.15, 0.2) is 0 Å². The predicted molar refractivity (Wildman–Crippen MR) is 111 cm³/mol. The Hall–Kier alpha value is -2.33. The molecule has 2 fully saturated rings. The fourth-order valence-corrected chi connectivity index (χ4v) is 5.99. The first-order valence-corrected chi connectivity index (χ1v) is 10.5. The molecule has 28 heavy (non-hydrogen) atoms. The van der Waals surface area contributed by atoms with E-state index in [-0.39, 0.29) is 5.91 Å². The summed E-state index contributed by atoms with van der Waals surface area (Å²) in [5.74, 6) is 2.73. The van der Waals surface area contributed by atoms with Crippen molar-refractivity contribution < 1.29 is 9.53 Å². The van der Waals surface area contributed by atoms with E-state index in [1.54, 1.807) is 7.11 Å². The summed E-state index contributed by atoms with van der Waals surface area (Å²) in [7, 11) is 1.65. The van der Waals surface area contributed by atoms with Crippen molar-refractivity contribution >= 4 is 11.6 Å². The third-order valence-corrected chi connectivity index (χ3v) is 7.10. The number of amides is 1. The molecule has 2 saturated carbocycles. The highest BCUT2D eigenvalue weighted by Crippen LogP contribution is 2.63. The van der Waals surface area contributed by atoms with Crippen LogP contribution in [-0.2, 0) is 4.74 Å². The molecule has 5 atom stereocenters. The molecule has 146 valence electrons. The second-order valence-corrected chi connectivity index (χ2v) is 8.52. The van der Waals surface area contributed by atoms with Crippen molar-refractivity contribution in [3.05, 3.63) is 65.2 Å². The highest BCUT2D eigenvalue weighted by molar-refractivity contribution is 5.95. The largest absolute Gasteiger partial charge is 0.383 e. The van der Waals surface area contributed by atoms with Gasteiger partial charge in [0.25, 0.3) is 5.91 Å². The molecule has 4 heteroatoms. The van der Waals surface area contributed by atoms with E-state index in [1.807, 2.05) is 6.07 Å². The minimum Gasteiger partial charge on any atom is -0.383 e. The number of methoxy groups -OCH3 is 1. The number of nitrogens with one attached hydrogen (secondary N) is 2. The molecule has 4 nitrogen and oxygen atoms in total. The van der Waals surface area contributed by atoms with Gasteiger partial charge in [0.05, 0.1) is 12.6 Å². The highest BCUT2D eigenvalue weighted by Gasteiger charge is 2.53. The summed E-state index contributed by atoms with van der Waals surface area (Å²) < 4.78 is 5.04. The summed E-state index contributed by atoms with van der Waals surface area (Å²) in [4.78, 5) is 12.6. The first-order chi connectivity index (χ1) is 13.8. The first kappa shape index (κ1) is 17.7. The molecule has 2 aromatic carbocycles.